The SMILES string of the molecule is CSc1cc(CCN)nc(C2CCC2)n1. The molecule has 0 amide bonds. The average molecular weight is 223 g/mol. The Morgan fingerprint density at radius 3 is 2.80 bits per heavy atom. The van der Waals surface area contributed by atoms with Gasteiger partial charge < -0.3 is 5.73 Å². The summed E-state index contributed by atoms with van der Waals surface area (Å²) in [6.07, 6.45) is 6.73. The predicted molar refractivity (Wildman–Crippen MR) is 63.2 cm³/mol. The summed E-state index contributed by atoms with van der Waals surface area (Å²) in [4.78, 5) is 9.16. The highest BCUT2D eigenvalue weighted by Gasteiger charge is 2.22. The monoisotopic (exact) mass is 223 g/mol. The lowest BCUT2D eigenvalue weighted by atomic mass is 9.85. The van der Waals surface area contributed by atoms with Crippen molar-refractivity contribution in [2.45, 2.75) is 36.6 Å². The third kappa shape index (κ3) is 2.49. The minimum Gasteiger partial charge on any atom is -0.330 e. The van der Waals surface area contributed by atoms with Gasteiger partial charge in [-0.15, -0.1) is 11.8 Å². The molecule has 0 atom stereocenters. The Kier molecular flexibility index (Phi) is 3.59. The molecule has 1 aromatic rings. The fourth-order valence-electron chi connectivity index (χ4n) is 1.72. The van der Waals surface area contributed by atoms with E-state index in [2.05, 4.69) is 22.3 Å². The second-order valence-electron chi connectivity index (χ2n) is 3.93. The van der Waals surface area contributed by atoms with Crippen molar-refractivity contribution >= 4 is 11.8 Å². The van der Waals surface area contributed by atoms with Crippen molar-refractivity contribution in [1.82, 2.24) is 9.97 Å². The predicted octanol–water partition coefficient (Wildman–Crippen LogP) is 1.97. The summed E-state index contributed by atoms with van der Waals surface area (Å²) >= 11 is 1.68. The molecule has 0 spiro atoms. The van der Waals surface area contributed by atoms with Crippen LogP contribution in [0.2, 0.25) is 0 Å². The maximum Gasteiger partial charge on any atom is 0.132 e. The fraction of sp³-hybridized carbons (Fsp3) is 0.636. The summed E-state index contributed by atoms with van der Waals surface area (Å²) in [7, 11) is 0. The van der Waals surface area contributed by atoms with Gasteiger partial charge in [-0.1, -0.05) is 6.42 Å². The van der Waals surface area contributed by atoms with Crippen molar-refractivity contribution in [1.29, 1.82) is 0 Å². The van der Waals surface area contributed by atoms with E-state index in [-0.39, 0.29) is 0 Å². The summed E-state index contributed by atoms with van der Waals surface area (Å²) in [5, 5.41) is 1.08. The van der Waals surface area contributed by atoms with Crippen LogP contribution < -0.4 is 5.73 Å². The molecule has 1 heterocycles. The summed E-state index contributed by atoms with van der Waals surface area (Å²) in [5.74, 6) is 1.64. The smallest absolute Gasteiger partial charge is 0.132 e. The zero-order valence-electron chi connectivity index (χ0n) is 9.07. The highest BCUT2D eigenvalue weighted by molar-refractivity contribution is 7.98. The van der Waals surface area contributed by atoms with E-state index in [1.54, 1.807) is 11.8 Å². The van der Waals surface area contributed by atoms with Crippen molar-refractivity contribution in [3.8, 4) is 0 Å². The zero-order valence-corrected chi connectivity index (χ0v) is 9.89. The van der Waals surface area contributed by atoms with E-state index >= 15 is 0 Å². The van der Waals surface area contributed by atoms with Crippen LogP contribution in [0, 0.1) is 0 Å². The third-order valence-corrected chi connectivity index (χ3v) is 3.48. The molecule has 1 aliphatic carbocycles. The molecule has 1 saturated carbocycles. The van der Waals surface area contributed by atoms with Crippen LogP contribution in [0.3, 0.4) is 0 Å². The molecular weight excluding hydrogens is 206 g/mol. The number of rotatable bonds is 4. The van der Waals surface area contributed by atoms with Crippen molar-refractivity contribution in [2.24, 2.45) is 5.73 Å². The van der Waals surface area contributed by atoms with Crippen LogP contribution in [0.4, 0.5) is 0 Å². The molecule has 0 aromatic carbocycles. The van der Waals surface area contributed by atoms with Crippen LogP contribution >= 0.6 is 11.8 Å². The number of aromatic nitrogens is 2. The Morgan fingerprint density at radius 2 is 2.27 bits per heavy atom. The van der Waals surface area contributed by atoms with Crippen LogP contribution in [0.25, 0.3) is 0 Å². The Hall–Kier alpha value is -0.610. The molecule has 82 valence electrons. The van der Waals surface area contributed by atoms with Gasteiger partial charge in [0.05, 0.1) is 5.03 Å². The minimum absolute atomic E-state index is 0.605. The van der Waals surface area contributed by atoms with Crippen molar-refractivity contribution < 1.29 is 0 Å². The second-order valence-corrected chi connectivity index (χ2v) is 4.75. The number of nitrogens with two attached hydrogens (primary N) is 1. The number of hydrogen-bond donors (Lipinski definition) is 1. The Bertz CT molecular complexity index is 337. The van der Waals surface area contributed by atoms with E-state index in [0.29, 0.717) is 12.5 Å². The molecule has 0 aliphatic heterocycles. The molecule has 1 aliphatic rings. The average Bonchev–Trinajstić information content (AvgIpc) is 2.15. The molecule has 0 unspecified atom stereocenters. The maximum atomic E-state index is 5.56. The molecule has 1 aromatic heterocycles. The van der Waals surface area contributed by atoms with Gasteiger partial charge in [-0.25, -0.2) is 9.97 Å². The van der Waals surface area contributed by atoms with Gasteiger partial charge in [0.15, 0.2) is 0 Å². The summed E-state index contributed by atoms with van der Waals surface area (Å²) < 4.78 is 0. The van der Waals surface area contributed by atoms with Gasteiger partial charge in [0.1, 0.15) is 5.82 Å². The minimum atomic E-state index is 0.605. The van der Waals surface area contributed by atoms with Crippen LogP contribution in [0.15, 0.2) is 11.1 Å². The second kappa shape index (κ2) is 4.94. The van der Waals surface area contributed by atoms with E-state index in [0.717, 1.165) is 23.0 Å². The van der Waals surface area contributed by atoms with Crippen molar-refractivity contribution in [2.75, 3.05) is 12.8 Å². The van der Waals surface area contributed by atoms with Gasteiger partial charge in [-0.05, 0) is 31.7 Å². The van der Waals surface area contributed by atoms with Crippen LogP contribution in [0.1, 0.15) is 36.7 Å². The van der Waals surface area contributed by atoms with Gasteiger partial charge in [0.25, 0.3) is 0 Å². The maximum absolute atomic E-state index is 5.56. The van der Waals surface area contributed by atoms with Crippen LogP contribution in [-0.2, 0) is 6.42 Å². The van der Waals surface area contributed by atoms with Gasteiger partial charge in [-0.2, -0.15) is 0 Å². The first-order valence-corrected chi connectivity index (χ1v) is 6.68. The zero-order chi connectivity index (χ0) is 10.7. The lowest BCUT2D eigenvalue weighted by Gasteiger charge is -2.24. The van der Waals surface area contributed by atoms with Crippen molar-refractivity contribution in [3.05, 3.63) is 17.6 Å². The van der Waals surface area contributed by atoms with Crippen molar-refractivity contribution in [3.63, 3.8) is 0 Å². The van der Waals surface area contributed by atoms with E-state index < -0.39 is 0 Å². The third-order valence-electron chi connectivity index (χ3n) is 2.85. The Morgan fingerprint density at radius 1 is 1.47 bits per heavy atom. The van der Waals surface area contributed by atoms with Gasteiger partial charge in [0, 0.05) is 18.0 Å². The summed E-state index contributed by atoms with van der Waals surface area (Å²) in [6, 6.07) is 2.06. The first-order chi connectivity index (χ1) is 7.33. The molecule has 3 nitrogen and oxygen atoms in total. The van der Waals surface area contributed by atoms with E-state index in [1.807, 2.05) is 0 Å². The highest BCUT2D eigenvalue weighted by Crippen LogP contribution is 2.35. The topological polar surface area (TPSA) is 51.8 Å². The molecule has 2 rings (SSSR count). The molecule has 15 heavy (non-hydrogen) atoms. The van der Waals surface area contributed by atoms with E-state index in [1.165, 1.54) is 19.3 Å². The Labute approximate surface area is 94.9 Å². The Balaban J connectivity index is 2.23. The number of hydrogen-bond acceptors (Lipinski definition) is 4. The van der Waals surface area contributed by atoms with Gasteiger partial charge >= 0.3 is 0 Å². The van der Waals surface area contributed by atoms with Gasteiger partial charge in [-0.3, -0.25) is 0 Å². The molecule has 4 heteroatoms. The molecule has 0 saturated heterocycles. The largest absolute Gasteiger partial charge is 0.330 e. The van der Waals surface area contributed by atoms with Gasteiger partial charge in [0.2, 0.25) is 0 Å². The van der Waals surface area contributed by atoms with Crippen LogP contribution in [0.5, 0.6) is 0 Å². The first kappa shape index (κ1) is 10.9. The lowest BCUT2D eigenvalue weighted by molar-refractivity contribution is 0.398. The molecule has 1 fully saturated rings. The standard InChI is InChI=1S/C11H17N3S/c1-15-10-7-9(5-6-12)13-11(14-10)8-3-2-4-8/h7-8H,2-6,12H2,1H3. The van der Waals surface area contributed by atoms with E-state index in [9.17, 15) is 0 Å². The van der Waals surface area contributed by atoms with Crippen LogP contribution in [-0.4, -0.2) is 22.8 Å². The summed E-state index contributed by atoms with van der Waals surface area (Å²) in [5.41, 5.74) is 6.65. The lowest BCUT2D eigenvalue weighted by Crippen LogP contribution is -2.15. The quantitative estimate of drug-likeness (QED) is 0.626. The number of thioether (sulfide) groups is 1. The molecule has 0 radical (unpaired) electrons. The summed E-state index contributed by atoms with van der Waals surface area (Å²) in [6.45, 7) is 0.662. The normalized spacial score (nSPS) is 16.4. The first-order valence-electron chi connectivity index (χ1n) is 5.45. The highest BCUT2D eigenvalue weighted by atomic mass is 32.2. The van der Waals surface area contributed by atoms with E-state index in [4.69, 9.17) is 5.73 Å². The fourth-order valence-corrected chi connectivity index (χ4v) is 2.16. The molecular formula is C11H17N3S. The number of nitrogens with zero attached hydrogens (tertiary/aromatic N) is 2. The molecule has 0 bridgehead atoms. The molecule has 2 N–H and O–H groups in total.